The van der Waals surface area contributed by atoms with E-state index in [1.165, 1.54) is 0 Å². The van der Waals surface area contributed by atoms with Crippen LogP contribution in [0.2, 0.25) is 0 Å². The van der Waals surface area contributed by atoms with Gasteiger partial charge < -0.3 is 10.1 Å². The van der Waals surface area contributed by atoms with Gasteiger partial charge in [-0.3, -0.25) is 4.79 Å². The maximum absolute atomic E-state index is 12.7. The lowest BCUT2D eigenvalue weighted by Gasteiger charge is -2.10. The molecule has 1 amide bonds. The lowest BCUT2D eigenvalue weighted by molar-refractivity contribution is 0.102. The number of hydrogen-bond acceptors (Lipinski definition) is 4. The van der Waals surface area contributed by atoms with Gasteiger partial charge in [-0.25, -0.2) is 9.98 Å². The molecule has 5 nitrogen and oxygen atoms in total. The van der Waals surface area contributed by atoms with Gasteiger partial charge in [0.25, 0.3) is 5.91 Å². The van der Waals surface area contributed by atoms with Crippen LogP contribution in [0.5, 0.6) is 0 Å². The number of anilines is 1. The monoisotopic (exact) mass is 345 g/mol. The lowest BCUT2D eigenvalue weighted by Crippen LogP contribution is -2.17. The molecule has 0 saturated carbocycles. The quantitative estimate of drug-likeness (QED) is 0.779. The number of fused-ring (bicyclic) bond motifs is 1. The van der Waals surface area contributed by atoms with Crippen LogP contribution in [0.15, 0.2) is 65.7 Å². The third kappa shape index (κ3) is 3.16. The predicted molar refractivity (Wildman–Crippen MR) is 103 cm³/mol. The van der Waals surface area contributed by atoms with Crippen LogP contribution in [0.3, 0.4) is 0 Å². The van der Waals surface area contributed by atoms with E-state index >= 15 is 0 Å². The van der Waals surface area contributed by atoms with Crippen molar-refractivity contribution in [1.82, 2.24) is 4.98 Å². The third-order valence-corrected chi connectivity index (χ3v) is 4.20. The zero-order valence-electron chi connectivity index (χ0n) is 14.7. The summed E-state index contributed by atoms with van der Waals surface area (Å²) < 4.78 is 5.72. The summed E-state index contributed by atoms with van der Waals surface area (Å²) in [7, 11) is 0. The van der Waals surface area contributed by atoms with Crippen LogP contribution in [0.25, 0.3) is 10.9 Å². The van der Waals surface area contributed by atoms with E-state index in [-0.39, 0.29) is 11.4 Å². The first-order valence-electron chi connectivity index (χ1n) is 8.51. The maximum atomic E-state index is 12.7. The maximum Gasteiger partial charge on any atom is 0.274 e. The van der Waals surface area contributed by atoms with Gasteiger partial charge in [0.2, 0.25) is 5.90 Å². The summed E-state index contributed by atoms with van der Waals surface area (Å²) >= 11 is 0. The topological polar surface area (TPSA) is 63.6 Å². The minimum Gasteiger partial charge on any atom is -0.475 e. The Morgan fingerprint density at radius 3 is 2.62 bits per heavy atom. The average molecular weight is 345 g/mol. The highest BCUT2D eigenvalue weighted by atomic mass is 16.5. The number of aliphatic imine (C=N–C) groups is 1. The fraction of sp³-hybridized carbons (Fsp3) is 0.190. The van der Waals surface area contributed by atoms with Gasteiger partial charge in [-0.1, -0.05) is 36.4 Å². The van der Waals surface area contributed by atoms with Gasteiger partial charge in [0.15, 0.2) is 0 Å². The molecule has 26 heavy (non-hydrogen) atoms. The molecule has 5 heteroatoms. The fourth-order valence-corrected chi connectivity index (χ4v) is 2.88. The van der Waals surface area contributed by atoms with Crippen molar-refractivity contribution in [3.8, 4) is 0 Å². The molecule has 0 atom stereocenters. The van der Waals surface area contributed by atoms with Crippen molar-refractivity contribution in [2.75, 3.05) is 11.9 Å². The number of rotatable bonds is 3. The van der Waals surface area contributed by atoms with E-state index in [0.717, 1.165) is 16.5 Å². The Morgan fingerprint density at radius 2 is 1.81 bits per heavy atom. The lowest BCUT2D eigenvalue weighted by atomic mass is 10.1. The molecule has 1 aliphatic rings. The average Bonchev–Trinajstić information content (AvgIpc) is 3.01. The van der Waals surface area contributed by atoms with E-state index in [4.69, 9.17) is 4.74 Å². The summed E-state index contributed by atoms with van der Waals surface area (Å²) in [6.45, 7) is 4.55. The number of pyridine rings is 1. The molecule has 1 N–H and O–H groups in total. The van der Waals surface area contributed by atoms with Gasteiger partial charge in [-0.05, 0) is 38.1 Å². The molecule has 0 bridgehead atoms. The molecule has 0 spiro atoms. The highest BCUT2D eigenvalue weighted by Crippen LogP contribution is 2.25. The Hall–Kier alpha value is -3.21. The molecule has 1 aromatic heterocycles. The van der Waals surface area contributed by atoms with Crippen LogP contribution < -0.4 is 5.32 Å². The molecule has 2 heterocycles. The van der Waals surface area contributed by atoms with Gasteiger partial charge in [0.05, 0.1) is 22.3 Å². The Labute approximate surface area is 151 Å². The number of para-hydroxylation sites is 2. The normalized spacial score (nSPS) is 15.4. The highest BCUT2D eigenvalue weighted by molar-refractivity contribution is 6.09. The van der Waals surface area contributed by atoms with Crippen molar-refractivity contribution >= 4 is 28.4 Å². The Bertz CT molecular complexity index is 1020. The first-order valence-corrected chi connectivity index (χ1v) is 8.51. The highest BCUT2D eigenvalue weighted by Gasteiger charge is 2.28. The number of benzene rings is 2. The molecule has 2 aromatic carbocycles. The Balaban J connectivity index is 1.64. The van der Waals surface area contributed by atoms with Crippen molar-refractivity contribution in [2.24, 2.45) is 4.99 Å². The second-order valence-electron chi connectivity index (χ2n) is 6.91. The number of nitrogens with one attached hydrogen (secondary N) is 1. The van der Waals surface area contributed by atoms with Crippen LogP contribution in [0.4, 0.5) is 5.69 Å². The van der Waals surface area contributed by atoms with Crippen molar-refractivity contribution < 1.29 is 9.53 Å². The second-order valence-corrected chi connectivity index (χ2v) is 6.91. The van der Waals surface area contributed by atoms with Crippen molar-refractivity contribution in [3.63, 3.8) is 0 Å². The Morgan fingerprint density at radius 1 is 1.04 bits per heavy atom. The number of nitrogens with zero attached hydrogens (tertiary/aromatic N) is 2. The van der Waals surface area contributed by atoms with Crippen molar-refractivity contribution in [2.45, 2.75) is 19.4 Å². The van der Waals surface area contributed by atoms with Gasteiger partial charge >= 0.3 is 0 Å². The zero-order valence-corrected chi connectivity index (χ0v) is 14.7. The van der Waals surface area contributed by atoms with E-state index in [1.807, 2.05) is 68.4 Å². The van der Waals surface area contributed by atoms with E-state index in [0.29, 0.717) is 23.9 Å². The van der Waals surface area contributed by atoms with Gasteiger partial charge in [-0.2, -0.15) is 0 Å². The molecule has 0 saturated heterocycles. The predicted octanol–water partition coefficient (Wildman–Crippen LogP) is 4.04. The summed E-state index contributed by atoms with van der Waals surface area (Å²) in [4.78, 5) is 21.7. The number of carbonyl (C=O) groups is 1. The number of amides is 1. The van der Waals surface area contributed by atoms with Gasteiger partial charge in [0, 0.05) is 5.39 Å². The molecule has 0 fully saturated rings. The Kier molecular flexibility index (Phi) is 3.92. The molecule has 4 rings (SSSR count). The third-order valence-electron chi connectivity index (χ3n) is 4.20. The van der Waals surface area contributed by atoms with E-state index in [2.05, 4.69) is 15.3 Å². The van der Waals surface area contributed by atoms with E-state index in [1.54, 1.807) is 6.07 Å². The van der Waals surface area contributed by atoms with E-state index < -0.39 is 0 Å². The van der Waals surface area contributed by atoms with Gasteiger partial charge in [0.1, 0.15) is 12.3 Å². The molecule has 0 aliphatic carbocycles. The number of aromatic nitrogens is 1. The van der Waals surface area contributed by atoms with Crippen LogP contribution in [0, 0.1) is 0 Å². The number of ether oxygens (including phenoxy) is 1. The number of carbonyl (C=O) groups excluding carboxylic acids is 1. The van der Waals surface area contributed by atoms with Crippen molar-refractivity contribution in [3.05, 3.63) is 71.9 Å². The van der Waals surface area contributed by atoms with Gasteiger partial charge in [-0.15, -0.1) is 0 Å². The second kappa shape index (κ2) is 6.26. The fourth-order valence-electron chi connectivity index (χ4n) is 2.88. The summed E-state index contributed by atoms with van der Waals surface area (Å²) in [5, 5.41) is 3.93. The van der Waals surface area contributed by atoms with E-state index in [9.17, 15) is 4.79 Å². The molecule has 130 valence electrons. The first-order chi connectivity index (χ1) is 12.5. The minimum absolute atomic E-state index is 0.258. The molecule has 0 radical (unpaired) electrons. The summed E-state index contributed by atoms with van der Waals surface area (Å²) in [6.07, 6.45) is 0. The standard InChI is InChI=1S/C21H19N3O2/c1-21(2)13-26-20(24-21)15-8-4-6-10-17(15)23-19(25)18-12-11-14-7-3-5-9-16(14)22-18/h3-12H,13H2,1-2H3,(H,23,25). The molecule has 0 unspecified atom stereocenters. The van der Waals surface area contributed by atoms with Crippen LogP contribution in [0.1, 0.15) is 29.9 Å². The molecule has 3 aromatic rings. The zero-order chi connectivity index (χ0) is 18.1. The summed E-state index contributed by atoms with van der Waals surface area (Å²) in [5.41, 5.74) is 2.33. The molecule has 1 aliphatic heterocycles. The molecular weight excluding hydrogens is 326 g/mol. The van der Waals surface area contributed by atoms with Crippen LogP contribution in [-0.4, -0.2) is 28.9 Å². The summed E-state index contributed by atoms with van der Waals surface area (Å²) in [6, 6.07) is 18.8. The minimum atomic E-state index is -0.263. The first kappa shape index (κ1) is 16.3. The summed E-state index contributed by atoms with van der Waals surface area (Å²) in [5.74, 6) is 0.290. The van der Waals surface area contributed by atoms with Crippen LogP contribution in [-0.2, 0) is 4.74 Å². The SMILES string of the molecule is CC1(C)COC(c2ccccc2NC(=O)c2ccc3ccccc3n2)=N1. The molecular formula is C21H19N3O2. The van der Waals surface area contributed by atoms with Crippen molar-refractivity contribution in [1.29, 1.82) is 0 Å². The smallest absolute Gasteiger partial charge is 0.274 e. The van der Waals surface area contributed by atoms with Crippen LogP contribution >= 0.6 is 0 Å². The largest absolute Gasteiger partial charge is 0.475 e. The number of hydrogen-bond donors (Lipinski definition) is 1.